The van der Waals surface area contributed by atoms with E-state index in [4.69, 9.17) is 4.74 Å². The largest absolute Gasteiger partial charge is 0.479 e. The van der Waals surface area contributed by atoms with Crippen molar-refractivity contribution in [3.8, 4) is 0 Å². The molecule has 22 heavy (non-hydrogen) atoms. The number of ether oxygens (including phenoxy) is 1. The van der Waals surface area contributed by atoms with Crippen LogP contribution >= 0.6 is 0 Å². The molecule has 7 heteroatoms. The molecule has 0 radical (unpaired) electrons. The van der Waals surface area contributed by atoms with E-state index in [1.54, 1.807) is 51.1 Å². The average molecular weight is 314 g/mol. The topological polar surface area (TPSA) is 29.5 Å². The summed E-state index contributed by atoms with van der Waals surface area (Å²) in [5, 5.41) is 0. The van der Waals surface area contributed by atoms with Gasteiger partial charge in [-0.2, -0.15) is 0 Å². The highest BCUT2D eigenvalue weighted by Gasteiger charge is 2.50. The number of likely N-dealkylation sites (tertiary alicyclic amines) is 1. The maximum absolute atomic E-state index is 13.0. The molecule has 1 aromatic rings. The van der Waals surface area contributed by atoms with E-state index in [-0.39, 0.29) is 13.1 Å². The lowest BCUT2D eigenvalue weighted by molar-refractivity contribution is -0.00783. The van der Waals surface area contributed by atoms with Gasteiger partial charge in [-0.15, -0.1) is 0 Å². The van der Waals surface area contributed by atoms with Crippen molar-refractivity contribution in [3.63, 3.8) is 0 Å². The predicted molar refractivity (Wildman–Crippen MR) is 79.8 cm³/mol. The second-order valence-corrected chi connectivity index (χ2v) is 6.90. The summed E-state index contributed by atoms with van der Waals surface area (Å²) in [4.78, 5) is 13.3. The highest BCUT2D eigenvalue weighted by molar-refractivity contribution is 6.58. The molecular weight excluding hydrogens is 294 g/mol. The van der Waals surface area contributed by atoms with Crippen LogP contribution in [-0.4, -0.2) is 36.7 Å². The number of carbonyl (C=O) groups is 1. The molecule has 3 nitrogen and oxygen atoms in total. The van der Waals surface area contributed by atoms with Crippen molar-refractivity contribution in [2.45, 2.75) is 38.1 Å². The first-order valence-corrected chi connectivity index (χ1v) is 7.25. The molecule has 2 rings (SSSR count). The average Bonchev–Trinajstić information content (AvgIpc) is 2.30. The van der Waals surface area contributed by atoms with E-state index in [0.29, 0.717) is 5.56 Å². The first-order chi connectivity index (χ1) is 10.0. The zero-order valence-electron chi connectivity index (χ0n) is 13.0. The van der Waals surface area contributed by atoms with Gasteiger partial charge in [-0.25, -0.2) is 4.79 Å². The molecule has 122 valence electrons. The summed E-state index contributed by atoms with van der Waals surface area (Å²) in [6, 6.07) is 8.58. The van der Waals surface area contributed by atoms with E-state index >= 15 is 0 Å². The molecular formula is C15H20BF3NO2-. The SMILES string of the molecule is CC(C)(C)OC(=O)N1CC(C[B-](F)(F)F)(c2ccccc2)C1. The van der Waals surface area contributed by atoms with Crippen LogP contribution in [-0.2, 0) is 10.2 Å². The van der Waals surface area contributed by atoms with E-state index in [9.17, 15) is 17.7 Å². The summed E-state index contributed by atoms with van der Waals surface area (Å²) in [6.07, 6.45) is -1.44. The Hall–Kier alpha value is -1.66. The van der Waals surface area contributed by atoms with Crippen LogP contribution in [0.5, 0.6) is 0 Å². The van der Waals surface area contributed by atoms with Gasteiger partial charge in [0.1, 0.15) is 5.60 Å². The number of nitrogens with zero attached hydrogens (tertiary/aromatic N) is 1. The van der Waals surface area contributed by atoms with Crippen LogP contribution in [0, 0.1) is 0 Å². The van der Waals surface area contributed by atoms with Crippen LogP contribution in [0.15, 0.2) is 30.3 Å². The molecule has 0 saturated carbocycles. The van der Waals surface area contributed by atoms with Gasteiger partial charge in [0.15, 0.2) is 0 Å². The van der Waals surface area contributed by atoms with Crippen LogP contribution in [0.1, 0.15) is 26.3 Å². The summed E-state index contributed by atoms with van der Waals surface area (Å²) in [5.41, 5.74) is -1.08. The highest BCUT2D eigenvalue weighted by atomic mass is 19.4. The van der Waals surface area contributed by atoms with Crippen LogP contribution in [0.3, 0.4) is 0 Å². The van der Waals surface area contributed by atoms with Crippen LogP contribution in [0.25, 0.3) is 0 Å². The van der Waals surface area contributed by atoms with E-state index in [1.807, 2.05) is 0 Å². The van der Waals surface area contributed by atoms with Crippen molar-refractivity contribution in [2.75, 3.05) is 13.1 Å². The van der Waals surface area contributed by atoms with E-state index in [0.717, 1.165) is 0 Å². The van der Waals surface area contributed by atoms with Gasteiger partial charge >= 0.3 is 13.1 Å². The summed E-state index contributed by atoms with van der Waals surface area (Å²) < 4.78 is 44.2. The predicted octanol–water partition coefficient (Wildman–Crippen LogP) is 4.02. The standard InChI is InChI=1S/C15H20BF3NO2/c1-14(2,3)22-13(21)20-10-15(11-20,9-16(17,18)19)12-7-5-4-6-8-12/h4-8H,9-11H2,1-3H3/q-1. The quantitative estimate of drug-likeness (QED) is 0.789. The highest BCUT2D eigenvalue weighted by Crippen LogP contribution is 2.43. The van der Waals surface area contributed by atoms with Crippen molar-refractivity contribution in [1.29, 1.82) is 0 Å². The number of amides is 1. The lowest BCUT2D eigenvalue weighted by Crippen LogP contribution is -2.63. The molecule has 0 unspecified atom stereocenters. The van der Waals surface area contributed by atoms with Gasteiger partial charge < -0.3 is 22.6 Å². The minimum atomic E-state index is -4.94. The smallest absolute Gasteiger partial charge is 0.449 e. The lowest BCUT2D eigenvalue weighted by Gasteiger charge is -2.52. The molecule has 0 aromatic heterocycles. The molecule has 1 aliphatic rings. The van der Waals surface area contributed by atoms with E-state index in [2.05, 4.69) is 0 Å². The molecule has 1 aromatic carbocycles. The van der Waals surface area contributed by atoms with Crippen LogP contribution in [0.2, 0.25) is 6.32 Å². The molecule has 0 N–H and O–H groups in total. The maximum atomic E-state index is 13.0. The zero-order chi connectivity index (χ0) is 16.6. The Kier molecular flexibility index (Phi) is 4.19. The third-order valence-corrected chi connectivity index (χ3v) is 3.65. The maximum Gasteiger partial charge on any atom is 0.479 e. The molecule has 0 aliphatic carbocycles. The van der Waals surface area contributed by atoms with Gasteiger partial charge in [0.05, 0.1) is 0 Å². The third kappa shape index (κ3) is 3.96. The second kappa shape index (κ2) is 5.52. The van der Waals surface area contributed by atoms with Crippen LogP contribution in [0.4, 0.5) is 17.7 Å². The number of hydrogen-bond acceptors (Lipinski definition) is 2. The van der Waals surface area contributed by atoms with Crippen LogP contribution < -0.4 is 0 Å². The Balaban J connectivity index is 2.14. The second-order valence-electron chi connectivity index (χ2n) is 6.90. The number of hydrogen-bond donors (Lipinski definition) is 0. The normalized spacial score (nSPS) is 17.8. The fourth-order valence-electron chi connectivity index (χ4n) is 2.80. The summed E-state index contributed by atoms with van der Waals surface area (Å²) in [7, 11) is 0. The lowest BCUT2D eigenvalue weighted by atomic mass is 9.61. The molecule has 1 aliphatic heterocycles. The summed E-state index contributed by atoms with van der Waals surface area (Å²) >= 11 is 0. The molecule has 1 saturated heterocycles. The van der Waals surface area contributed by atoms with Crippen molar-refractivity contribution in [1.82, 2.24) is 4.90 Å². The number of benzene rings is 1. The molecule has 1 fully saturated rings. The van der Waals surface area contributed by atoms with Gasteiger partial charge in [0.2, 0.25) is 0 Å². The third-order valence-electron chi connectivity index (χ3n) is 3.65. The summed E-state index contributed by atoms with van der Waals surface area (Å²) in [5.74, 6) is 0. The van der Waals surface area contributed by atoms with E-state index in [1.165, 1.54) is 4.90 Å². The first kappa shape index (κ1) is 16.7. The zero-order valence-corrected chi connectivity index (χ0v) is 13.0. The van der Waals surface area contributed by atoms with Crippen molar-refractivity contribution in [2.24, 2.45) is 0 Å². The van der Waals surface area contributed by atoms with Crippen molar-refractivity contribution >= 4 is 13.1 Å². The summed E-state index contributed by atoms with van der Waals surface area (Å²) in [6.45, 7) is 0.324. The number of halogens is 3. The minimum absolute atomic E-state index is 0.0349. The van der Waals surface area contributed by atoms with Gasteiger partial charge in [0.25, 0.3) is 0 Å². The monoisotopic (exact) mass is 314 g/mol. The Morgan fingerprint density at radius 3 is 2.23 bits per heavy atom. The first-order valence-electron chi connectivity index (χ1n) is 7.25. The van der Waals surface area contributed by atoms with Crippen molar-refractivity contribution in [3.05, 3.63) is 35.9 Å². The molecule has 1 amide bonds. The fourth-order valence-corrected chi connectivity index (χ4v) is 2.80. The Morgan fingerprint density at radius 1 is 1.23 bits per heavy atom. The Morgan fingerprint density at radius 2 is 1.77 bits per heavy atom. The van der Waals surface area contributed by atoms with E-state index < -0.39 is 30.4 Å². The molecule has 0 atom stereocenters. The Labute approximate surface area is 128 Å². The molecule has 0 spiro atoms. The Bertz CT molecular complexity index is 534. The minimum Gasteiger partial charge on any atom is -0.449 e. The number of carbonyl (C=O) groups excluding carboxylic acids is 1. The van der Waals surface area contributed by atoms with Crippen molar-refractivity contribution < 1.29 is 22.5 Å². The molecule has 0 bridgehead atoms. The van der Waals surface area contributed by atoms with Gasteiger partial charge in [0, 0.05) is 18.5 Å². The molecule has 1 heterocycles. The van der Waals surface area contributed by atoms with Gasteiger partial charge in [-0.1, -0.05) is 36.7 Å². The number of rotatable bonds is 3. The van der Waals surface area contributed by atoms with Gasteiger partial charge in [-0.3, -0.25) is 0 Å². The van der Waals surface area contributed by atoms with Gasteiger partial charge in [-0.05, 0) is 26.3 Å². The fraction of sp³-hybridized carbons (Fsp3) is 0.533.